The van der Waals surface area contributed by atoms with Crippen LogP contribution in [-0.2, 0) is 6.18 Å². The van der Waals surface area contributed by atoms with Crippen LogP contribution >= 0.6 is 24.8 Å². The van der Waals surface area contributed by atoms with Crippen LogP contribution in [0.5, 0.6) is 0 Å². The van der Waals surface area contributed by atoms with E-state index in [1.165, 1.54) is 4.90 Å². The fraction of sp³-hybridized carbons (Fsp3) is 0.538. The van der Waals surface area contributed by atoms with E-state index in [0.717, 1.165) is 18.3 Å². The summed E-state index contributed by atoms with van der Waals surface area (Å²) >= 11 is 0. The SMILES string of the molecule is CN(CC(C)(C)CN)C(=O)c1ccc(C(F)(F)F)nc1.Cl.Cl. The quantitative estimate of drug-likeness (QED) is 0.896. The Morgan fingerprint density at radius 3 is 2.18 bits per heavy atom. The highest BCUT2D eigenvalue weighted by atomic mass is 35.5. The van der Waals surface area contributed by atoms with Crippen LogP contribution in [0.25, 0.3) is 0 Å². The van der Waals surface area contributed by atoms with Gasteiger partial charge >= 0.3 is 6.18 Å². The third-order valence-corrected chi connectivity index (χ3v) is 2.87. The van der Waals surface area contributed by atoms with E-state index in [1.807, 2.05) is 13.8 Å². The van der Waals surface area contributed by atoms with E-state index in [4.69, 9.17) is 5.73 Å². The molecule has 0 saturated heterocycles. The van der Waals surface area contributed by atoms with Gasteiger partial charge < -0.3 is 10.6 Å². The van der Waals surface area contributed by atoms with Crippen molar-refractivity contribution in [3.05, 3.63) is 29.6 Å². The van der Waals surface area contributed by atoms with Gasteiger partial charge in [-0.15, -0.1) is 24.8 Å². The van der Waals surface area contributed by atoms with Gasteiger partial charge in [-0.25, -0.2) is 0 Å². The minimum atomic E-state index is -4.50. The lowest BCUT2D eigenvalue weighted by Gasteiger charge is -2.29. The van der Waals surface area contributed by atoms with Crippen LogP contribution in [0.3, 0.4) is 0 Å². The molecule has 2 N–H and O–H groups in total. The molecule has 22 heavy (non-hydrogen) atoms. The number of carbonyl (C=O) groups is 1. The molecular formula is C13H20Cl2F3N3O. The molecule has 0 aliphatic heterocycles. The van der Waals surface area contributed by atoms with Gasteiger partial charge in [0.1, 0.15) is 5.69 Å². The number of nitrogens with zero attached hydrogens (tertiary/aromatic N) is 2. The standard InChI is InChI=1S/C13H18F3N3O.2ClH/c1-12(2,7-17)8-19(3)11(20)9-4-5-10(18-6-9)13(14,15)16;;/h4-6H,7-8,17H2,1-3H3;2*1H. The molecule has 1 amide bonds. The molecule has 0 aliphatic rings. The first-order chi connectivity index (χ1) is 9.07. The lowest BCUT2D eigenvalue weighted by molar-refractivity contribution is -0.141. The van der Waals surface area contributed by atoms with Gasteiger partial charge in [0.2, 0.25) is 0 Å². The summed E-state index contributed by atoms with van der Waals surface area (Å²) in [5.41, 5.74) is 4.43. The fourth-order valence-electron chi connectivity index (χ4n) is 1.69. The monoisotopic (exact) mass is 361 g/mol. The van der Waals surface area contributed by atoms with E-state index >= 15 is 0 Å². The van der Waals surface area contributed by atoms with E-state index in [0.29, 0.717) is 13.1 Å². The molecule has 0 spiro atoms. The average Bonchev–Trinajstić information content (AvgIpc) is 2.36. The molecule has 128 valence electrons. The van der Waals surface area contributed by atoms with Crippen LogP contribution in [0, 0.1) is 5.41 Å². The second-order valence-electron chi connectivity index (χ2n) is 5.46. The maximum Gasteiger partial charge on any atom is 0.433 e. The van der Waals surface area contributed by atoms with Gasteiger partial charge in [-0.2, -0.15) is 13.2 Å². The lowest BCUT2D eigenvalue weighted by atomic mass is 9.93. The third-order valence-electron chi connectivity index (χ3n) is 2.87. The van der Waals surface area contributed by atoms with Crippen LogP contribution in [-0.4, -0.2) is 35.9 Å². The van der Waals surface area contributed by atoms with Crippen molar-refractivity contribution in [3.8, 4) is 0 Å². The predicted molar refractivity (Wildman–Crippen MR) is 83.5 cm³/mol. The molecule has 0 unspecified atom stereocenters. The summed E-state index contributed by atoms with van der Waals surface area (Å²) in [5, 5.41) is 0. The highest BCUT2D eigenvalue weighted by Gasteiger charge is 2.32. The van der Waals surface area contributed by atoms with Crippen LogP contribution in [0.2, 0.25) is 0 Å². The second-order valence-corrected chi connectivity index (χ2v) is 5.46. The molecule has 0 bridgehead atoms. The van der Waals surface area contributed by atoms with E-state index in [2.05, 4.69) is 4.98 Å². The van der Waals surface area contributed by atoms with Gasteiger partial charge in [-0.1, -0.05) is 13.8 Å². The molecule has 0 aliphatic carbocycles. The van der Waals surface area contributed by atoms with Crippen molar-refractivity contribution in [2.24, 2.45) is 11.1 Å². The Morgan fingerprint density at radius 2 is 1.82 bits per heavy atom. The number of hydrogen-bond acceptors (Lipinski definition) is 3. The average molecular weight is 362 g/mol. The minimum Gasteiger partial charge on any atom is -0.341 e. The maximum atomic E-state index is 12.4. The van der Waals surface area contributed by atoms with Crippen molar-refractivity contribution in [2.45, 2.75) is 20.0 Å². The van der Waals surface area contributed by atoms with Gasteiger partial charge in [0.25, 0.3) is 5.91 Å². The normalized spacial score (nSPS) is 11.2. The molecule has 0 fully saturated rings. The van der Waals surface area contributed by atoms with E-state index < -0.39 is 11.9 Å². The number of halogens is 5. The Labute approximate surface area is 140 Å². The predicted octanol–water partition coefficient (Wildman–Crippen LogP) is 3.00. The zero-order valence-corrected chi connectivity index (χ0v) is 14.1. The lowest BCUT2D eigenvalue weighted by Crippen LogP contribution is -2.39. The Hall–Kier alpha value is -1.05. The highest BCUT2D eigenvalue weighted by Crippen LogP contribution is 2.27. The zero-order valence-electron chi connectivity index (χ0n) is 12.5. The molecule has 1 aromatic rings. The Kier molecular flexibility index (Phi) is 9.02. The highest BCUT2D eigenvalue weighted by molar-refractivity contribution is 5.93. The molecule has 1 heterocycles. The summed E-state index contributed by atoms with van der Waals surface area (Å²) in [6.07, 6.45) is -3.56. The summed E-state index contributed by atoms with van der Waals surface area (Å²) in [6.45, 7) is 4.61. The number of pyridine rings is 1. The molecule has 9 heteroatoms. The van der Waals surface area contributed by atoms with Crippen LogP contribution in [0.1, 0.15) is 29.9 Å². The second kappa shape index (κ2) is 8.55. The Balaban J connectivity index is 0. The van der Waals surface area contributed by atoms with Crippen molar-refractivity contribution in [1.29, 1.82) is 0 Å². The maximum absolute atomic E-state index is 12.4. The van der Waals surface area contributed by atoms with Gasteiger partial charge in [0.05, 0.1) is 5.56 Å². The Bertz CT molecular complexity index is 478. The van der Waals surface area contributed by atoms with Crippen LogP contribution in [0.15, 0.2) is 18.3 Å². The van der Waals surface area contributed by atoms with Crippen LogP contribution in [0.4, 0.5) is 13.2 Å². The first kappa shape index (κ1) is 23.2. The number of amides is 1. The van der Waals surface area contributed by atoms with Gasteiger partial charge in [0.15, 0.2) is 0 Å². The fourth-order valence-corrected chi connectivity index (χ4v) is 1.69. The van der Waals surface area contributed by atoms with Crippen molar-refractivity contribution < 1.29 is 18.0 Å². The smallest absolute Gasteiger partial charge is 0.341 e. The zero-order chi connectivity index (χ0) is 15.6. The first-order valence-corrected chi connectivity index (χ1v) is 6.05. The van der Waals surface area contributed by atoms with E-state index in [-0.39, 0.29) is 41.7 Å². The summed E-state index contributed by atoms with van der Waals surface area (Å²) in [4.78, 5) is 16.8. The number of carbonyl (C=O) groups excluding carboxylic acids is 1. The number of aromatic nitrogens is 1. The summed E-state index contributed by atoms with van der Waals surface area (Å²) in [7, 11) is 1.58. The van der Waals surface area contributed by atoms with Crippen LogP contribution < -0.4 is 5.73 Å². The number of rotatable bonds is 4. The van der Waals surface area contributed by atoms with Crippen molar-refractivity contribution in [3.63, 3.8) is 0 Å². The molecule has 0 atom stereocenters. The molecular weight excluding hydrogens is 342 g/mol. The number of hydrogen-bond donors (Lipinski definition) is 1. The molecule has 0 radical (unpaired) electrons. The van der Waals surface area contributed by atoms with Gasteiger partial charge in [-0.05, 0) is 24.1 Å². The van der Waals surface area contributed by atoms with Crippen molar-refractivity contribution >= 4 is 30.7 Å². The van der Waals surface area contributed by atoms with Gasteiger partial charge in [0, 0.05) is 19.8 Å². The molecule has 1 rings (SSSR count). The topological polar surface area (TPSA) is 59.2 Å². The number of nitrogens with two attached hydrogens (primary N) is 1. The summed E-state index contributed by atoms with van der Waals surface area (Å²) in [5.74, 6) is -0.382. The number of alkyl halides is 3. The van der Waals surface area contributed by atoms with E-state index in [1.54, 1.807) is 7.05 Å². The molecule has 4 nitrogen and oxygen atoms in total. The first-order valence-electron chi connectivity index (χ1n) is 6.05. The van der Waals surface area contributed by atoms with Gasteiger partial charge in [-0.3, -0.25) is 9.78 Å². The Morgan fingerprint density at radius 1 is 1.27 bits per heavy atom. The van der Waals surface area contributed by atoms with Crippen molar-refractivity contribution in [1.82, 2.24) is 9.88 Å². The molecule has 0 saturated carbocycles. The summed E-state index contributed by atoms with van der Waals surface area (Å²) in [6, 6.07) is 1.93. The largest absolute Gasteiger partial charge is 0.433 e. The summed E-state index contributed by atoms with van der Waals surface area (Å²) < 4.78 is 37.1. The van der Waals surface area contributed by atoms with Crippen molar-refractivity contribution in [2.75, 3.05) is 20.1 Å². The molecule has 1 aromatic heterocycles. The minimum absolute atomic E-state index is 0. The molecule has 0 aromatic carbocycles. The third kappa shape index (κ3) is 6.37. The van der Waals surface area contributed by atoms with E-state index in [9.17, 15) is 18.0 Å².